The second kappa shape index (κ2) is 8.22. The molecule has 0 bridgehead atoms. The quantitative estimate of drug-likeness (QED) is 0.426. The molecule has 3 nitrogen and oxygen atoms in total. The molecular weight excluding hydrogens is 325 g/mol. The van der Waals surface area contributed by atoms with E-state index in [9.17, 15) is 4.79 Å². The third-order valence-corrected chi connectivity index (χ3v) is 10.1. The topological polar surface area (TPSA) is 29.5 Å². The Hall–Kier alpha value is -0.258. The fourth-order valence-electron chi connectivity index (χ4n) is 3.17. The molecule has 1 amide bonds. The van der Waals surface area contributed by atoms with Crippen LogP contribution in [0.4, 0.5) is 4.79 Å². The van der Waals surface area contributed by atoms with Gasteiger partial charge in [-0.15, -0.1) is 11.6 Å². The van der Waals surface area contributed by atoms with Crippen LogP contribution in [0.3, 0.4) is 0 Å². The van der Waals surface area contributed by atoms with Gasteiger partial charge in [0, 0.05) is 12.9 Å². The second-order valence-electron chi connectivity index (χ2n) is 8.00. The van der Waals surface area contributed by atoms with E-state index < -0.39 is 8.32 Å². The summed E-state index contributed by atoms with van der Waals surface area (Å²) in [4.78, 5) is 13.6. The minimum Gasteiger partial charge on any atom is -0.415 e. The van der Waals surface area contributed by atoms with Crippen LogP contribution in [0.2, 0.25) is 18.1 Å². The van der Waals surface area contributed by atoms with Crippen molar-refractivity contribution in [2.45, 2.75) is 57.8 Å². The van der Waals surface area contributed by atoms with Gasteiger partial charge in [-0.25, -0.2) is 0 Å². The van der Waals surface area contributed by atoms with Crippen molar-refractivity contribution in [2.24, 2.45) is 11.8 Å². The van der Waals surface area contributed by atoms with Crippen molar-refractivity contribution in [3.8, 4) is 0 Å². The summed E-state index contributed by atoms with van der Waals surface area (Å²) in [5.74, 6) is 0.760. The molecule has 1 fully saturated rings. The highest BCUT2D eigenvalue weighted by atomic mass is 35.5. The zero-order valence-corrected chi connectivity index (χ0v) is 17.2. The number of halogens is 1. The summed E-state index contributed by atoms with van der Waals surface area (Å²) in [6, 6.07) is 0.145. The molecule has 1 heterocycles. The normalized spacial score (nSPS) is 27.3. The van der Waals surface area contributed by atoms with Crippen LogP contribution in [0, 0.1) is 11.8 Å². The molecule has 2 aliphatic rings. The molecule has 0 aromatic heterocycles. The first-order valence-electron chi connectivity index (χ1n) is 8.36. The molecule has 2 radical (unpaired) electrons. The number of fused-ring (bicyclic) bond motifs is 1. The van der Waals surface area contributed by atoms with Gasteiger partial charge in [0.15, 0.2) is 14.1 Å². The number of amides is 1. The third kappa shape index (κ3) is 4.86. The fourth-order valence-corrected chi connectivity index (χ4v) is 4.19. The van der Waals surface area contributed by atoms with Gasteiger partial charge in [-0.1, -0.05) is 32.9 Å². The fraction of sp³-hybridized carbons (Fsp3) is 0.824. The van der Waals surface area contributed by atoms with E-state index >= 15 is 0 Å². The Labute approximate surface area is 149 Å². The van der Waals surface area contributed by atoms with E-state index in [1.54, 1.807) is 0 Å². The Morgan fingerprint density at radius 1 is 1.30 bits per heavy atom. The molecule has 0 N–H and O–H groups in total. The van der Waals surface area contributed by atoms with Gasteiger partial charge in [0.25, 0.3) is 0 Å². The molecule has 0 aromatic carbocycles. The van der Waals surface area contributed by atoms with Gasteiger partial charge < -0.3 is 9.33 Å². The van der Waals surface area contributed by atoms with Crippen LogP contribution in [0.5, 0.6) is 0 Å². The minimum atomic E-state index is -1.79. The number of carbonyl (C=O) groups is 1. The van der Waals surface area contributed by atoms with Crippen molar-refractivity contribution in [2.75, 3.05) is 19.5 Å². The summed E-state index contributed by atoms with van der Waals surface area (Å²) in [5.41, 5.74) is 0. The summed E-state index contributed by atoms with van der Waals surface area (Å²) < 4.78 is 6.37. The molecule has 0 spiro atoms. The molecule has 0 saturated carbocycles. The van der Waals surface area contributed by atoms with Crippen LogP contribution < -0.4 is 0 Å². The predicted molar refractivity (Wildman–Crippen MR) is 102 cm³/mol. The van der Waals surface area contributed by atoms with Crippen molar-refractivity contribution >= 4 is 33.6 Å². The first-order valence-corrected chi connectivity index (χ1v) is 12.0. The lowest BCUT2D eigenvalue weighted by Crippen LogP contribution is -2.47. The van der Waals surface area contributed by atoms with Gasteiger partial charge in [0.1, 0.15) is 0 Å². The van der Waals surface area contributed by atoms with E-state index in [-0.39, 0.29) is 16.9 Å². The highest BCUT2D eigenvalue weighted by molar-refractivity contribution is 6.74. The number of hydrogen-bond acceptors (Lipinski definition) is 2. The maximum Gasteiger partial charge on any atom is 0.200 e. The van der Waals surface area contributed by atoms with Crippen LogP contribution in [0.15, 0.2) is 12.2 Å². The summed E-state index contributed by atoms with van der Waals surface area (Å²) in [5, 5.41) is 0.190. The Balaban J connectivity index is 0.00000127. The molecule has 3 atom stereocenters. The van der Waals surface area contributed by atoms with E-state index in [1.165, 1.54) is 6.38 Å². The average Bonchev–Trinajstić information content (AvgIpc) is 2.85. The molecule has 2 rings (SSSR count). The number of alkyl halides is 1. The Bertz CT molecular complexity index is 437. The Morgan fingerprint density at radius 2 is 1.87 bits per heavy atom. The van der Waals surface area contributed by atoms with Crippen molar-refractivity contribution in [3.05, 3.63) is 12.2 Å². The first-order chi connectivity index (χ1) is 10.6. The average molecular weight is 356 g/mol. The molecule has 1 aliphatic carbocycles. The van der Waals surface area contributed by atoms with Crippen molar-refractivity contribution in [3.63, 3.8) is 0 Å². The van der Waals surface area contributed by atoms with Gasteiger partial charge >= 0.3 is 0 Å². The van der Waals surface area contributed by atoms with Crippen LogP contribution in [-0.4, -0.2) is 52.4 Å². The summed E-state index contributed by atoms with van der Waals surface area (Å²) in [6.07, 6.45) is 8.05. The number of carbonyl (C=O) groups excluding carboxylic acids is 1. The predicted octanol–water partition coefficient (Wildman–Crippen LogP) is 4.42. The van der Waals surface area contributed by atoms with Gasteiger partial charge in [-0.2, -0.15) is 0 Å². The lowest BCUT2D eigenvalue weighted by atomic mass is 9.82. The lowest BCUT2D eigenvalue weighted by molar-refractivity contribution is 0.155. The standard InChI is InChI=1S/C16H28BNO2Si.CH3Cl/c1-16(2,3)21(4,5)20-11-14-13-9-7-6-8-12(13)10-18(14)15(17)19;1-2/h6-7,12-14H,8-11H2,1-5H3;1H3/t12?,13?,14-;/m1./s1. The Morgan fingerprint density at radius 3 is 2.39 bits per heavy atom. The molecule has 2 unspecified atom stereocenters. The molecule has 23 heavy (non-hydrogen) atoms. The zero-order chi connectivity index (χ0) is 17.8. The van der Waals surface area contributed by atoms with Crippen LogP contribution >= 0.6 is 11.6 Å². The molecule has 1 aliphatic heterocycles. The SMILES string of the molecule is CCl.[B]C(=O)N1CC2CC=CCC2[C@H]1CO[Si](C)(C)C(C)(C)C. The number of rotatable bonds is 3. The number of likely N-dealkylation sites (tertiary alicyclic amines) is 1. The molecule has 0 aromatic rings. The van der Waals surface area contributed by atoms with Crippen LogP contribution in [0.25, 0.3) is 0 Å². The van der Waals surface area contributed by atoms with Gasteiger partial charge in [0.05, 0.1) is 12.6 Å². The van der Waals surface area contributed by atoms with E-state index in [4.69, 9.17) is 12.3 Å². The third-order valence-electron chi connectivity index (χ3n) is 5.65. The number of nitrogens with zero attached hydrogens (tertiary/aromatic N) is 1. The summed E-state index contributed by atoms with van der Waals surface area (Å²) in [7, 11) is 3.80. The largest absolute Gasteiger partial charge is 0.415 e. The van der Waals surface area contributed by atoms with Gasteiger partial charge in [0.2, 0.25) is 7.85 Å². The monoisotopic (exact) mass is 355 g/mol. The molecule has 1 saturated heterocycles. The summed E-state index contributed by atoms with van der Waals surface area (Å²) >= 11 is 4.64. The van der Waals surface area contributed by atoms with E-state index in [0.717, 1.165) is 19.4 Å². The highest BCUT2D eigenvalue weighted by Crippen LogP contribution is 2.40. The zero-order valence-electron chi connectivity index (χ0n) is 15.4. The van der Waals surface area contributed by atoms with Crippen LogP contribution in [-0.2, 0) is 4.43 Å². The van der Waals surface area contributed by atoms with Crippen LogP contribution in [0.1, 0.15) is 33.6 Å². The van der Waals surface area contributed by atoms with Crippen molar-refractivity contribution in [1.29, 1.82) is 0 Å². The maximum absolute atomic E-state index is 11.8. The first kappa shape index (κ1) is 20.8. The van der Waals surface area contributed by atoms with Gasteiger partial charge in [-0.3, -0.25) is 4.79 Å². The van der Waals surface area contributed by atoms with Gasteiger partial charge in [-0.05, 0) is 42.8 Å². The molecular formula is C17H31BClNO2Si. The minimum absolute atomic E-state index is 0.145. The smallest absolute Gasteiger partial charge is 0.200 e. The van der Waals surface area contributed by atoms with E-state index in [2.05, 4.69) is 57.6 Å². The van der Waals surface area contributed by atoms with E-state index in [0.29, 0.717) is 18.4 Å². The van der Waals surface area contributed by atoms with E-state index in [1.807, 2.05) is 4.90 Å². The summed E-state index contributed by atoms with van der Waals surface area (Å²) in [6.45, 7) is 12.7. The second-order valence-corrected chi connectivity index (χ2v) is 12.8. The lowest BCUT2D eigenvalue weighted by Gasteiger charge is -2.39. The van der Waals surface area contributed by atoms with Crippen molar-refractivity contribution in [1.82, 2.24) is 4.90 Å². The number of hydrogen-bond donors (Lipinski definition) is 0. The Kier molecular flexibility index (Phi) is 7.42. The molecule has 6 heteroatoms. The number of allylic oxidation sites excluding steroid dienone is 2. The highest BCUT2D eigenvalue weighted by Gasteiger charge is 2.44. The van der Waals surface area contributed by atoms with Crippen molar-refractivity contribution < 1.29 is 9.22 Å². The maximum atomic E-state index is 11.8. The molecule has 130 valence electrons.